The van der Waals surface area contributed by atoms with Crippen molar-refractivity contribution in [3.63, 3.8) is 0 Å². The number of allylic oxidation sites excluding steroid dienone is 1. The van der Waals surface area contributed by atoms with Gasteiger partial charge in [0.2, 0.25) is 5.91 Å². The molecule has 3 heterocycles. The summed E-state index contributed by atoms with van der Waals surface area (Å²) in [7, 11) is -2.89. The van der Waals surface area contributed by atoms with Crippen molar-refractivity contribution < 1.29 is 23.3 Å². The zero-order valence-electron chi connectivity index (χ0n) is 26.0. The van der Waals surface area contributed by atoms with Gasteiger partial charge in [0.25, 0.3) is 0 Å². The highest BCUT2D eigenvalue weighted by atomic mass is 19.2. The minimum Gasteiger partial charge on any atom is -0.494 e. The zero-order valence-corrected chi connectivity index (χ0v) is 26.0. The van der Waals surface area contributed by atoms with Crippen LogP contribution in [0.1, 0.15) is 62.0 Å². The number of aliphatic hydroxyl groups is 1. The quantitative estimate of drug-likeness (QED) is 0.157. The average Bonchev–Trinajstić information content (AvgIpc) is 3.82. The van der Waals surface area contributed by atoms with Crippen LogP contribution in [-0.4, -0.2) is 62.3 Å². The molecule has 0 spiro atoms. The first-order valence-corrected chi connectivity index (χ1v) is 15.2. The predicted octanol–water partition coefficient (Wildman–Crippen LogP) is 5.98. The number of hydrogen-bond acceptors (Lipinski definition) is 6. The Kier molecular flexibility index (Phi) is 10.4. The van der Waals surface area contributed by atoms with Crippen molar-refractivity contribution >= 4 is 30.4 Å². The summed E-state index contributed by atoms with van der Waals surface area (Å²) in [5.41, 5.74) is 4.01. The first kappa shape index (κ1) is 32.4. The maximum absolute atomic E-state index is 14.9. The predicted molar refractivity (Wildman–Crippen MR) is 175 cm³/mol. The maximum atomic E-state index is 14.9. The van der Waals surface area contributed by atoms with E-state index in [1.165, 1.54) is 0 Å². The molecule has 0 saturated carbocycles. The summed E-state index contributed by atoms with van der Waals surface area (Å²) >= 11 is 0. The number of nitrogens with one attached hydrogen (secondary N) is 2. The Labute approximate surface area is 266 Å². The van der Waals surface area contributed by atoms with E-state index in [9.17, 15) is 13.4 Å². The largest absolute Gasteiger partial charge is 0.679 e. The summed E-state index contributed by atoms with van der Waals surface area (Å²) in [6.45, 7) is 6.07. The number of amides is 1. The van der Waals surface area contributed by atoms with Gasteiger partial charge in [-0.15, -0.1) is 5.10 Å². The van der Waals surface area contributed by atoms with Gasteiger partial charge in [-0.25, -0.2) is 4.68 Å². The van der Waals surface area contributed by atoms with Crippen LogP contribution < -0.4 is 10.1 Å². The van der Waals surface area contributed by atoms with E-state index in [1.807, 2.05) is 43.5 Å². The van der Waals surface area contributed by atoms with Gasteiger partial charge in [-0.05, 0) is 61.4 Å². The molecule has 2 aromatic heterocycles. The number of carbonyl (C=O) groups excluding carboxylic acids is 1. The van der Waals surface area contributed by atoms with Crippen molar-refractivity contribution in [1.82, 2.24) is 24.8 Å². The number of amidine groups is 1. The third kappa shape index (κ3) is 7.26. The molecule has 3 N–H and O–H groups in total. The van der Waals surface area contributed by atoms with Crippen LogP contribution in [0.25, 0.3) is 11.4 Å². The van der Waals surface area contributed by atoms with E-state index < -0.39 is 19.9 Å². The Morgan fingerprint density at radius 2 is 1.89 bits per heavy atom. The summed E-state index contributed by atoms with van der Waals surface area (Å²) in [6, 6.07) is 17.8. The molecule has 4 aromatic rings. The molecule has 0 saturated heterocycles. The Bertz CT molecular complexity index is 1750. The number of anilines is 1. The number of halogens is 2. The molecule has 0 bridgehead atoms. The van der Waals surface area contributed by atoms with Crippen LogP contribution in [0, 0.1) is 0 Å². The van der Waals surface area contributed by atoms with Gasteiger partial charge in [0.1, 0.15) is 24.0 Å². The number of aromatic nitrogens is 4. The van der Waals surface area contributed by atoms with Crippen molar-refractivity contribution in [1.29, 1.82) is 0 Å². The zero-order chi connectivity index (χ0) is 32.6. The first-order valence-electron chi connectivity index (χ1n) is 15.2. The van der Waals surface area contributed by atoms with Crippen LogP contribution in [0.2, 0.25) is 0 Å². The first-order chi connectivity index (χ1) is 22.3. The van der Waals surface area contributed by atoms with Crippen molar-refractivity contribution in [3.05, 3.63) is 107 Å². The molecule has 1 aliphatic rings. The number of aliphatic hydroxyl groups excluding tert-OH is 1. The minimum atomic E-state index is -2.89. The molecule has 0 aliphatic carbocycles. The van der Waals surface area contributed by atoms with Gasteiger partial charge in [0.05, 0.1) is 25.0 Å². The fraction of sp³-hybridized carbons (Fsp3) is 0.273. The van der Waals surface area contributed by atoms with Crippen molar-refractivity contribution in [2.75, 3.05) is 18.5 Å². The Morgan fingerprint density at radius 1 is 1.11 bits per heavy atom. The number of aliphatic imine (C=N–C) groups is 1. The monoisotopic (exact) mass is 627 g/mol. The molecule has 2 aromatic carbocycles. The molecule has 10 nitrogen and oxygen atoms in total. The highest BCUT2D eigenvalue weighted by Crippen LogP contribution is 2.34. The summed E-state index contributed by atoms with van der Waals surface area (Å²) in [5, 5.41) is 20.3. The Balaban J connectivity index is 1.55. The molecule has 1 aliphatic heterocycles. The normalized spacial score (nSPS) is 15.3. The molecule has 1 atom stereocenters. The lowest BCUT2D eigenvalue weighted by Gasteiger charge is -2.22. The lowest BCUT2D eigenvalue weighted by Crippen LogP contribution is -2.34. The van der Waals surface area contributed by atoms with E-state index in [4.69, 9.17) is 9.84 Å². The molecular formula is C33H36BF2N7O3. The van der Waals surface area contributed by atoms with E-state index >= 15 is 0 Å². The Morgan fingerprint density at radius 3 is 2.61 bits per heavy atom. The molecule has 0 radical (unpaired) electrons. The lowest BCUT2D eigenvalue weighted by molar-refractivity contribution is -0.118. The van der Waals surface area contributed by atoms with Gasteiger partial charge in [-0.3, -0.25) is 18.4 Å². The number of benzene rings is 2. The summed E-state index contributed by atoms with van der Waals surface area (Å²) < 4.78 is 37.0. The number of hydrogen-bond donors (Lipinski definition) is 3. The number of carbonyl (C=O) groups is 1. The van der Waals surface area contributed by atoms with Gasteiger partial charge in [0, 0.05) is 34.1 Å². The number of ether oxygens (including phenoxy) is 1. The highest BCUT2D eigenvalue weighted by Gasteiger charge is 2.35. The SMILES string of the molecule is CCCC(C)c1cn(-c2ccc(C(=C3C=CC(=NCc4ccccc4OCC)N3B(F)F)c3ccc(NC(=O)CO)cc3)[nH]2)nn1. The van der Waals surface area contributed by atoms with Gasteiger partial charge in [-0.1, -0.05) is 55.8 Å². The number of nitrogens with zero attached hydrogens (tertiary/aromatic N) is 5. The standard InChI is InChI=1S/C33H36BF2N7O3/c1-4-8-22(3)27-20-42(41-40-27)31-17-15-26(39-31)33(23-11-13-25(14-12-23)38-32(45)21-44)28-16-18-30(43(28)34(35)36)37-19-24-9-6-7-10-29(24)46-5-2/h6-7,9-18,20,22,39,44H,4-5,8,19,21H2,1-3H3,(H,38,45). The molecule has 238 valence electrons. The number of H-pyrrole nitrogens is 1. The van der Waals surface area contributed by atoms with Crippen molar-refractivity contribution in [2.45, 2.75) is 46.1 Å². The molecule has 1 unspecified atom stereocenters. The van der Waals surface area contributed by atoms with E-state index in [0.717, 1.165) is 28.9 Å². The minimum absolute atomic E-state index is 0.109. The van der Waals surface area contributed by atoms with E-state index in [2.05, 4.69) is 39.5 Å². The highest BCUT2D eigenvalue weighted by molar-refractivity contribution is 6.46. The fourth-order valence-electron chi connectivity index (χ4n) is 5.30. The summed E-state index contributed by atoms with van der Waals surface area (Å²) in [6.07, 6.45) is 7.07. The van der Waals surface area contributed by atoms with Crippen LogP contribution in [-0.2, 0) is 11.3 Å². The third-order valence-corrected chi connectivity index (χ3v) is 7.56. The van der Waals surface area contributed by atoms with Gasteiger partial charge in [0.15, 0.2) is 0 Å². The number of rotatable bonds is 13. The second-order valence-electron chi connectivity index (χ2n) is 10.8. The van der Waals surface area contributed by atoms with Gasteiger partial charge in [-0.2, -0.15) is 0 Å². The molecule has 46 heavy (non-hydrogen) atoms. The van der Waals surface area contributed by atoms with Crippen molar-refractivity contribution in [3.8, 4) is 11.6 Å². The van der Waals surface area contributed by atoms with Crippen LogP contribution >= 0.6 is 0 Å². The maximum Gasteiger partial charge on any atom is 0.679 e. The third-order valence-electron chi connectivity index (χ3n) is 7.56. The number of aromatic amines is 1. The lowest BCUT2D eigenvalue weighted by atomic mass is 9.98. The topological polar surface area (TPSA) is 121 Å². The van der Waals surface area contributed by atoms with E-state index in [1.54, 1.807) is 47.2 Å². The van der Waals surface area contributed by atoms with Crippen LogP contribution in [0.5, 0.6) is 5.75 Å². The van der Waals surface area contributed by atoms with Crippen LogP contribution in [0.3, 0.4) is 0 Å². The molecule has 5 rings (SSSR count). The smallest absolute Gasteiger partial charge is 0.494 e. The fourth-order valence-corrected chi connectivity index (χ4v) is 5.30. The van der Waals surface area contributed by atoms with E-state index in [-0.39, 0.29) is 24.0 Å². The summed E-state index contributed by atoms with van der Waals surface area (Å²) in [4.78, 5) is 20.5. The second kappa shape index (κ2) is 14.8. The molecule has 1 amide bonds. The second-order valence-corrected chi connectivity index (χ2v) is 10.8. The van der Waals surface area contributed by atoms with Gasteiger partial charge >= 0.3 is 7.40 Å². The van der Waals surface area contributed by atoms with Gasteiger partial charge < -0.3 is 25.0 Å². The van der Waals surface area contributed by atoms with Crippen LogP contribution in [0.15, 0.2) is 89.7 Å². The van der Waals surface area contributed by atoms with Crippen LogP contribution in [0.4, 0.5) is 14.3 Å². The number of para-hydroxylation sites is 1. The van der Waals surface area contributed by atoms with E-state index in [0.29, 0.717) is 40.7 Å². The average molecular weight is 628 g/mol. The van der Waals surface area contributed by atoms with Crippen molar-refractivity contribution in [2.24, 2.45) is 4.99 Å². The summed E-state index contributed by atoms with van der Waals surface area (Å²) in [5.74, 6) is 1.07. The molecular weight excluding hydrogens is 591 g/mol. The Hall–Kier alpha value is -5.04. The molecule has 13 heteroatoms. The molecule has 0 fully saturated rings.